The van der Waals surface area contributed by atoms with E-state index >= 15 is 0 Å². The van der Waals surface area contributed by atoms with Crippen molar-refractivity contribution in [1.82, 2.24) is 9.80 Å². The van der Waals surface area contributed by atoms with E-state index in [4.69, 9.17) is 10.5 Å². The highest BCUT2D eigenvalue weighted by Gasteiger charge is 2.36. The quantitative estimate of drug-likeness (QED) is 0.731. The molecule has 24 heavy (non-hydrogen) atoms. The summed E-state index contributed by atoms with van der Waals surface area (Å²) >= 11 is 0. The first-order chi connectivity index (χ1) is 11.5. The number of hydrogen-bond acceptors (Lipinski definition) is 4. The topological polar surface area (TPSA) is 88.2 Å². The molecule has 0 aromatic heterocycles. The molecule has 7 heteroatoms. The summed E-state index contributed by atoms with van der Waals surface area (Å²) < 4.78 is 12.9. The van der Waals surface area contributed by atoms with Crippen molar-refractivity contribution >= 4 is 11.8 Å². The number of amides is 2. The van der Waals surface area contributed by atoms with E-state index in [0.29, 0.717) is 13.0 Å². The van der Waals surface area contributed by atoms with Crippen LogP contribution in [0.1, 0.15) is 12.0 Å². The molecule has 0 aliphatic carbocycles. The SMILES string of the molecule is N#CCN(CC#N)C(=O)[C@H]1CC(=O)N(CCc2ccc(F)cc2)C1. The van der Waals surface area contributed by atoms with Crippen molar-refractivity contribution in [3.63, 3.8) is 0 Å². The number of hydrogen-bond donors (Lipinski definition) is 0. The lowest BCUT2D eigenvalue weighted by Gasteiger charge is -2.20. The Morgan fingerprint density at radius 3 is 2.46 bits per heavy atom. The third-order valence-corrected chi connectivity index (χ3v) is 3.98. The van der Waals surface area contributed by atoms with Gasteiger partial charge in [0.25, 0.3) is 0 Å². The minimum Gasteiger partial charge on any atom is -0.342 e. The highest BCUT2D eigenvalue weighted by molar-refractivity contribution is 5.89. The lowest BCUT2D eigenvalue weighted by Crippen LogP contribution is -2.38. The normalized spacial score (nSPS) is 16.5. The minimum atomic E-state index is -0.521. The van der Waals surface area contributed by atoms with Gasteiger partial charge in [-0.25, -0.2) is 4.39 Å². The molecule has 2 rings (SSSR count). The number of benzene rings is 1. The van der Waals surface area contributed by atoms with Gasteiger partial charge in [0.15, 0.2) is 0 Å². The van der Waals surface area contributed by atoms with Crippen LogP contribution in [0.3, 0.4) is 0 Å². The van der Waals surface area contributed by atoms with Crippen molar-refractivity contribution in [3.05, 3.63) is 35.6 Å². The number of carbonyl (C=O) groups is 2. The molecule has 1 fully saturated rings. The lowest BCUT2D eigenvalue weighted by atomic mass is 10.1. The molecular formula is C17H17FN4O2. The van der Waals surface area contributed by atoms with Gasteiger partial charge >= 0.3 is 0 Å². The minimum absolute atomic E-state index is 0.0929. The first kappa shape index (κ1) is 17.4. The van der Waals surface area contributed by atoms with E-state index in [2.05, 4.69) is 0 Å². The van der Waals surface area contributed by atoms with Crippen LogP contribution in [0.4, 0.5) is 4.39 Å². The van der Waals surface area contributed by atoms with Crippen LogP contribution in [-0.2, 0) is 16.0 Å². The average Bonchev–Trinajstić information content (AvgIpc) is 2.94. The van der Waals surface area contributed by atoms with E-state index in [0.717, 1.165) is 5.56 Å². The Hall–Kier alpha value is -2.93. The molecule has 6 nitrogen and oxygen atoms in total. The second-order valence-electron chi connectivity index (χ2n) is 5.63. The van der Waals surface area contributed by atoms with Gasteiger partial charge in [-0.2, -0.15) is 10.5 Å². The first-order valence-electron chi connectivity index (χ1n) is 7.60. The van der Waals surface area contributed by atoms with Gasteiger partial charge in [-0.05, 0) is 24.1 Å². The van der Waals surface area contributed by atoms with Gasteiger partial charge in [-0.1, -0.05) is 12.1 Å². The fourth-order valence-corrected chi connectivity index (χ4v) is 2.71. The number of likely N-dealkylation sites (tertiary alicyclic amines) is 1. The molecule has 0 N–H and O–H groups in total. The molecule has 124 valence electrons. The third kappa shape index (κ3) is 4.30. The molecule has 1 atom stereocenters. The maximum absolute atomic E-state index is 12.9. The second-order valence-corrected chi connectivity index (χ2v) is 5.63. The smallest absolute Gasteiger partial charge is 0.229 e. The van der Waals surface area contributed by atoms with Crippen molar-refractivity contribution in [2.75, 3.05) is 26.2 Å². The largest absolute Gasteiger partial charge is 0.342 e. The van der Waals surface area contributed by atoms with Crippen LogP contribution in [-0.4, -0.2) is 47.8 Å². The van der Waals surface area contributed by atoms with Gasteiger partial charge in [0.1, 0.15) is 18.9 Å². The fourth-order valence-electron chi connectivity index (χ4n) is 2.71. The van der Waals surface area contributed by atoms with Gasteiger partial charge in [0.05, 0.1) is 18.1 Å². The summed E-state index contributed by atoms with van der Waals surface area (Å²) in [5.74, 6) is -1.29. The predicted molar refractivity (Wildman–Crippen MR) is 82.6 cm³/mol. The van der Waals surface area contributed by atoms with Crippen LogP contribution < -0.4 is 0 Å². The van der Waals surface area contributed by atoms with E-state index in [9.17, 15) is 14.0 Å². The molecule has 1 aromatic carbocycles. The summed E-state index contributed by atoms with van der Waals surface area (Å²) in [5, 5.41) is 17.5. The Balaban J connectivity index is 1.92. The van der Waals surface area contributed by atoms with E-state index in [1.165, 1.54) is 17.0 Å². The van der Waals surface area contributed by atoms with E-state index in [1.807, 2.05) is 12.1 Å². The maximum atomic E-state index is 12.9. The lowest BCUT2D eigenvalue weighted by molar-refractivity contribution is -0.134. The van der Waals surface area contributed by atoms with Crippen LogP contribution in [0.15, 0.2) is 24.3 Å². The molecule has 0 bridgehead atoms. The third-order valence-electron chi connectivity index (χ3n) is 3.98. The van der Waals surface area contributed by atoms with Crippen LogP contribution >= 0.6 is 0 Å². The van der Waals surface area contributed by atoms with E-state index in [1.54, 1.807) is 17.0 Å². The molecule has 2 amide bonds. The van der Waals surface area contributed by atoms with Crippen molar-refractivity contribution in [3.8, 4) is 12.1 Å². The Bertz CT molecular complexity index is 674. The van der Waals surface area contributed by atoms with Crippen molar-refractivity contribution in [2.45, 2.75) is 12.8 Å². The Kier molecular flexibility index (Phi) is 5.86. The average molecular weight is 328 g/mol. The zero-order valence-corrected chi connectivity index (χ0v) is 13.1. The molecular weight excluding hydrogens is 311 g/mol. The monoisotopic (exact) mass is 328 g/mol. The second kappa shape index (κ2) is 8.07. The standard InChI is InChI=1S/C17H17FN4O2/c18-15-3-1-13(2-4-15)5-8-22-12-14(11-16(22)23)17(24)21(9-6-19)10-7-20/h1-4,14H,5,8-12H2/t14-/m0/s1. The molecule has 1 aliphatic rings. The van der Waals surface area contributed by atoms with Crippen molar-refractivity contribution in [2.24, 2.45) is 5.92 Å². The Labute approximate surface area is 139 Å². The predicted octanol–water partition coefficient (Wildman–Crippen LogP) is 1.09. The zero-order valence-electron chi connectivity index (χ0n) is 13.1. The van der Waals surface area contributed by atoms with Crippen LogP contribution in [0.25, 0.3) is 0 Å². The number of nitrogens with zero attached hydrogens (tertiary/aromatic N) is 4. The highest BCUT2D eigenvalue weighted by Crippen LogP contribution is 2.20. The van der Waals surface area contributed by atoms with Crippen LogP contribution in [0, 0.1) is 34.4 Å². The van der Waals surface area contributed by atoms with Gasteiger partial charge in [0, 0.05) is 19.5 Å². The van der Waals surface area contributed by atoms with Crippen LogP contribution in [0.2, 0.25) is 0 Å². The van der Waals surface area contributed by atoms with Gasteiger partial charge in [0.2, 0.25) is 11.8 Å². The number of rotatable bonds is 6. The summed E-state index contributed by atoms with van der Waals surface area (Å²) in [5.41, 5.74) is 0.912. The maximum Gasteiger partial charge on any atom is 0.229 e. The van der Waals surface area contributed by atoms with Crippen molar-refractivity contribution < 1.29 is 14.0 Å². The molecule has 1 saturated heterocycles. The van der Waals surface area contributed by atoms with Gasteiger partial charge in [-0.15, -0.1) is 0 Å². The molecule has 0 saturated carbocycles. The van der Waals surface area contributed by atoms with E-state index in [-0.39, 0.29) is 43.7 Å². The number of nitriles is 2. The fraction of sp³-hybridized carbons (Fsp3) is 0.412. The molecule has 1 heterocycles. The number of carbonyl (C=O) groups excluding carboxylic acids is 2. The highest BCUT2D eigenvalue weighted by atomic mass is 19.1. The molecule has 1 aromatic rings. The Morgan fingerprint density at radius 1 is 1.25 bits per heavy atom. The molecule has 0 unspecified atom stereocenters. The zero-order chi connectivity index (χ0) is 17.5. The van der Waals surface area contributed by atoms with Crippen LogP contribution in [0.5, 0.6) is 0 Å². The van der Waals surface area contributed by atoms with E-state index < -0.39 is 5.92 Å². The van der Waals surface area contributed by atoms with Crippen molar-refractivity contribution in [1.29, 1.82) is 10.5 Å². The summed E-state index contributed by atoms with van der Waals surface area (Å²) in [6.07, 6.45) is 0.669. The summed E-state index contributed by atoms with van der Waals surface area (Å²) in [6.45, 7) is 0.413. The van der Waals surface area contributed by atoms with Gasteiger partial charge in [-0.3, -0.25) is 9.59 Å². The first-order valence-corrected chi connectivity index (χ1v) is 7.60. The summed E-state index contributed by atoms with van der Waals surface area (Å²) in [4.78, 5) is 27.2. The number of halogens is 1. The molecule has 1 aliphatic heterocycles. The Morgan fingerprint density at radius 2 is 1.88 bits per heavy atom. The van der Waals surface area contributed by atoms with Gasteiger partial charge < -0.3 is 9.80 Å². The summed E-state index contributed by atoms with van der Waals surface area (Å²) in [7, 11) is 0. The molecule has 0 spiro atoms. The summed E-state index contributed by atoms with van der Waals surface area (Å²) in [6, 6.07) is 9.78. The molecule has 0 radical (unpaired) electrons.